The number of carbonyl (C=O) groups excluding carboxylic acids is 1. The van der Waals surface area contributed by atoms with Crippen molar-refractivity contribution in [2.24, 2.45) is 7.05 Å². The molecule has 2 aromatic heterocycles. The minimum Gasteiger partial charge on any atom is -0.342 e. The fourth-order valence-electron chi connectivity index (χ4n) is 3.81. The van der Waals surface area contributed by atoms with E-state index >= 15 is 0 Å². The van der Waals surface area contributed by atoms with Gasteiger partial charge in [-0.2, -0.15) is 5.10 Å². The third-order valence-electron chi connectivity index (χ3n) is 5.08. The van der Waals surface area contributed by atoms with E-state index in [9.17, 15) is 4.79 Å². The molecular weight excluding hydrogens is 326 g/mol. The number of amides is 1. The summed E-state index contributed by atoms with van der Waals surface area (Å²) in [5, 5.41) is 4.66. The highest BCUT2D eigenvalue weighted by atomic mass is 16.2. The summed E-state index contributed by atoms with van der Waals surface area (Å²) in [6.07, 6.45) is 5.86. The zero-order valence-electron chi connectivity index (χ0n) is 15.2. The molecule has 0 spiro atoms. The summed E-state index contributed by atoms with van der Waals surface area (Å²) in [6, 6.07) is 8.17. The van der Waals surface area contributed by atoms with Crippen LogP contribution < -0.4 is 0 Å². The molecule has 1 aliphatic rings. The number of benzene rings is 1. The first-order chi connectivity index (χ1) is 12.6. The maximum Gasteiger partial charge on any atom is 0.227 e. The highest BCUT2D eigenvalue weighted by Gasteiger charge is 2.28. The molecule has 3 aromatic rings. The van der Waals surface area contributed by atoms with Gasteiger partial charge in [0.15, 0.2) is 5.65 Å². The van der Waals surface area contributed by atoms with Gasteiger partial charge in [-0.15, -0.1) is 0 Å². The molecule has 0 bridgehead atoms. The number of fused-ring (bicyclic) bond motifs is 1. The molecule has 1 atom stereocenters. The molecule has 3 heterocycles. The molecule has 1 aromatic carbocycles. The van der Waals surface area contributed by atoms with Crippen LogP contribution in [0.15, 0.2) is 36.7 Å². The van der Waals surface area contributed by atoms with Gasteiger partial charge in [0.05, 0.1) is 12.1 Å². The van der Waals surface area contributed by atoms with Crippen LogP contribution in [0, 0.1) is 6.92 Å². The van der Waals surface area contributed by atoms with E-state index < -0.39 is 0 Å². The predicted molar refractivity (Wildman–Crippen MR) is 99.7 cm³/mol. The van der Waals surface area contributed by atoms with Crippen LogP contribution in [0.5, 0.6) is 0 Å². The first-order valence-electron chi connectivity index (χ1n) is 9.09. The quantitative estimate of drug-likeness (QED) is 0.729. The summed E-state index contributed by atoms with van der Waals surface area (Å²) in [4.78, 5) is 23.6. The minimum absolute atomic E-state index is 0.187. The van der Waals surface area contributed by atoms with Gasteiger partial charge in [0, 0.05) is 38.4 Å². The van der Waals surface area contributed by atoms with Crippen LogP contribution in [0.3, 0.4) is 0 Å². The number of carbonyl (C=O) groups is 1. The molecule has 6 heteroatoms. The lowest BCUT2D eigenvalue weighted by Gasteiger charge is -2.32. The number of hydrogen-bond acceptors (Lipinski definition) is 4. The molecule has 6 nitrogen and oxygen atoms in total. The lowest BCUT2D eigenvalue weighted by Crippen LogP contribution is -2.40. The lowest BCUT2D eigenvalue weighted by atomic mass is 9.94. The summed E-state index contributed by atoms with van der Waals surface area (Å²) in [5.41, 5.74) is 4.87. The van der Waals surface area contributed by atoms with Gasteiger partial charge in [0.2, 0.25) is 5.91 Å². The molecular formula is C20H23N5O. The zero-order chi connectivity index (χ0) is 18.1. The molecule has 1 saturated heterocycles. The number of nitrogens with zero attached hydrogens (tertiary/aromatic N) is 5. The van der Waals surface area contributed by atoms with Crippen molar-refractivity contribution in [3.05, 3.63) is 53.5 Å². The summed E-state index contributed by atoms with van der Waals surface area (Å²) in [5.74, 6) is 0.400. The predicted octanol–water partition coefficient (Wildman–Crippen LogP) is 2.62. The highest BCUT2D eigenvalue weighted by molar-refractivity contribution is 5.79. The number of hydrogen-bond donors (Lipinski definition) is 0. The van der Waals surface area contributed by atoms with Crippen molar-refractivity contribution in [2.45, 2.75) is 32.1 Å². The molecule has 1 amide bonds. The van der Waals surface area contributed by atoms with E-state index in [2.05, 4.69) is 34.1 Å². The van der Waals surface area contributed by atoms with Crippen LogP contribution in [-0.2, 0) is 18.3 Å². The number of likely N-dealkylation sites (tertiary alicyclic amines) is 1. The Bertz CT molecular complexity index is 948. The van der Waals surface area contributed by atoms with Crippen LogP contribution in [0.4, 0.5) is 0 Å². The second kappa shape index (κ2) is 6.86. The van der Waals surface area contributed by atoms with Crippen LogP contribution in [0.25, 0.3) is 11.2 Å². The van der Waals surface area contributed by atoms with Crippen LogP contribution >= 0.6 is 0 Å². The van der Waals surface area contributed by atoms with Gasteiger partial charge in [0.1, 0.15) is 5.52 Å². The summed E-state index contributed by atoms with van der Waals surface area (Å²) in [6.45, 7) is 3.57. The highest BCUT2D eigenvalue weighted by Crippen LogP contribution is 2.30. The maximum atomic E-state index is 12.8. The van der Waals surface area contributed by atoms with E-state index in [1.54, 1.807) is 17.1 Å². The molecule has 26 heavy (non-hydrogen) atoms. The van der Waals surface area contributed by atoms with Gasteiger partial charge in [-0.3, -0.25) is 4.79 Å². The van der Waals surface area contributed by atoms with Gasteiger partial charge < -0.3 is 4.90 Å². The SMILES string of the molecule is Cc1cccc(CC(=O)N2CCC[C@@H](c3nn(C)c4nccnc34)C2)c1. The van der Waals surface area contributed by atoms with Gasteiger partial charge in [-0.25, -0.2) is 14.6 Å². The Balaban J connectivity index is 1.53. The standard InChI is InChI=1S/C20H23N5O/c1-14-5-3-6-15(11-14)12-17(26)25-10-4-7-16(13-25)18-19-20(24(2)23-18)22-9-8-21-19/h3,5-6,8-9,11,16H,4,7,10,12-13H2,1-2H3/t16-/m1/s1. The van der Waals surface area contributed by atoms with E-state index in [0.717, 1.165) is 41.8 Å². The molecule has 0 N–H and O–H groups in total. The van der Waals surface area contributed by atoms with Crippen molar-refractivity contribution in [1.29, 1.82) is 0 Å². The molecule has 134 valence electrons. The smallest absolute Gasteiger partial charge is 0.227 e. The van der Waals surface area contributed by atoms with Gasteiger partial charge in [-0.05, 0) is 25.3 Å². The monoisotopic (exact) mass is 349 g/mol. The molecule has 1 aliphatic heterocycles. The van der Waals surface area contributed by atoms with Crippen molar-refractivity contribution in [3.8, 4) is 0 Å². The van der Waals surface area contributed by atoms with Crippen molar-refractivity contribution in [2.75, 3.05) is 13.1 Å². The third kappa shape index (κ3) is 3.19. The fourth-order valence-corrected chi connectivity index (χ4v) is 3.81. The van der Waals surface area contributed by atoms with Gasteiger partial charge in [-0.1, -0.05) is 29.8 Å². The molecule has 1 fully saturated rings. The Labute approximate surface area is 152 Å². The average molecular weight is 349 g/mol. The normalized spacial score (nSPS) is 17.6. The van der Waals surface area contributed by atoms with Crippen molar-refractivity contribution in [3.63, 3.8) is 0 Å². The maximum absolute atomic E-state index is 12.8. The largest absolute Gasteiger partial charge is 0.342 e. The van der Waals surface area contributed by atoms with Crippen LogP contribution in [0.2, 0.25) is 0 Å². The van der Waals surface area contributed by atoms with Crippen molar-refractivity contribution >= 4 is 17.1 Å². The molecule has 0 unspecified atom stereocenters. The van der Waals surface area contributed by atoms with E-state index in [0.29, 0.717) is 13.0 Å². The summed E-state index contributed by atoms with van der Waals surface area (Å²) >= 11 is 0. The Kier molecular flexibility index (Phi) is 4.41. The number of rotatable bonds is 3. The van der Waals surface area contributed by atoms with Crippen LogP contribution in [-0.4, -0.2) is 43.6 Å². The van der Waals surface area contributed by atoms with Gasteiger partial charge in [0.25, 0.3) is 0 Å². The van der Waals surface area contributed by atoms with Crippen molar-refractivity contribution in [1.82, 2.24) is 24.6 Å². The lowest BCUT2D eigenvalue weighted by molar-refractivity contribution is -0.131. The number of aromatic nitrogens is 4. The number of piperidine rings is 1. The molecule has 0 saturated carbocycles. The fraction of sp³-hybridized carbons (Fsp3) is 0.400. The third-order valence-corrected chi connectivity index (χ3v) is 5.08. The Morgan fingerprint density at radius 2 is 2.12 bits per heavy atom. The molecule has 4 rings (SSSR count). The minimum atomic E-state index is 0.187. The van der Waals surface area contributed by atoms with E-state index in [-0.39, 0.29) is 11.8 Å². The second-order valence-corrected chi connectivity index (χ2v) is 7.08. The van der Waals surface area contributed by atoms with Crippen LogP contribution in [0.1, 0.15) is 35.6 Å². The first-order valence-corrected chi connectivity index (χ1v) is 9.09. The van der Waals surface area contributed by atoms with Gasteiger partial charge >= 0.3 is 0 Å². The van der Waals surface area contributed by atoms with E-state index in [1.165, 1.54) is 5.56 Å². The van der Waals surface area contributed by atoms with E-state index in [1.807, 2.05) is 24.1 Å². The zero-order valence-corrected chi connectivity index (χ0v) is 15.2. The van der Waals surface area contributed by atoms with Crippen molar-refractivity contribution < 1.29 is 4.79 Å². The number of aryl methyl sites for hydroxylation is 2. The Morgan fingerprint density at radius 3 is 2.96 bits per heavy atom. The Hall–Kier alpha value is -2.76. The topological polar surface area (TPSA) is 63.9 Å². The second-order valence-electron chi connectivity index (χ2n) is 7.08. The summed E-state index contributed by atoms with van der Waals surface area (Å²) < 4.78 is 1.78. The average Bonchev–Trinajstić information content (AvgIpc) is 2.99. The van der Waals surface area contributed by atoms with E-state index in [4.69, 9.17) is 0 Å². The summed E-state index contributed by atoms with van der Waals surface area (Å²) in [7, 11) is 1.89. The molecule has 0 radical (unpaired) electrons. The first kappa shape index (κ1) is 16.7. The Morgan fingerprint density at radius 1 is 1.27 bits per heavy atom. The molecule has 0 aliphatic carbocycles.